The predicted octanol–water partition coefficient (Wildman–Crippen LogP) is 2.57. The molecule has 0 rings (SSSR count). The molecule has 0 saturated heterocycles. The lowest BCUT2D eigenvalue weighted by Crippen LogP contribution is -2.25. The largest absolute Gasteiger partial charge is 0.370 e. The van der Waals surface area contributed by atoms with Crippen LogP contribution in [-0.2, 0) is 0 Å². The monoisotopic (exact) mass is 248 g/mol. The van der Waals surface area contributed by atoms with Gasteiger partial charge in [0.05, 0.1) is 0 Å². The van der Waals surface area contributed by atoms with Crippen LogP contribution in [0.5, 0.6) is 0 Å². The third-order valence-electron chi connectivity index (χ3n) is 1.35. The van der Waals surface area contributed by atoms with Gasteiger partial charge in [0.1, 0.15) is 0 Å². The SMILES string of the molecule is C.C.CC(C)(C)CN.CC(C)(C)CN=C(N)N. The molecule has 0 unspecified atom stereocenters. The highest BCUT2D eigenvalue weighted by Gasteiger charge is 2.07. The van der Waals surface area contributed by atoms with E-state index >= 15 is 0 Å². The first-order valence-electron chi connectivity index (χ1n) is 5.23. The Bertz CT molecular complexity index is 181. The van der Waals surface area contributed by atoms with Crippen molar-refractivity contribution in [3.05, 3.63) is 0 Å². The minimum absolute atomic E-state index is 0. The number of hydrogen-bond acceptors (Lipinski definition) is 2. The highest BCUT2D eigenvalue weighted by molar-refractivity contribution is 5.75. The first kappa shape index (κ1) is 25.2. The summed E-state index contributed by atoms with van der Waals surface area (Å²) in [5, 5.41) is 0. The van der Waals surface area contributed by atoms with Gasteiger partial charge in [-0.05, 0) is 17.4 Å². The van der Waals surface area contributed by atoms with Crippen molar-refractivity contribution in [1.29, 1.82) is 0 Å². The fourth-order valence-electron chi connectivity index (χ4n) is 0.328. The maximum atomic E-state index is 5.31. The van der Waals surface area contributed by atoms with Gasteiger partial charge in [-0.2, -0.15) is 0 Å². The Kier molecular flexibility index (Phi) is 15.4. The van der Waals surface area contributed by atoms with Gasteiger partial charge in [-0.25, -0.2) is 0 Å². The van der Waals surface area contributed by atoms with Crippen LogP contribution >= 0.6 is 0 Å². The molecule has 0 spiro atoms. The zero-order valence-corrected chi connectivity index (χ0v) is 11.1. The molecule has 0 aliphatic carbocycles. The molecule has 0 amide bonds. The van der Waals surface area contributed by atoms with Crippen molar-refractivity contribution in [2.45, 2.75) is 56.4 Å². The highest BCUT2D eigenvalue weighted by atomic mass is 15.0. The number of guanidine groups is 1. The van der Waals surface area contributed by atoms with E-state index in [2.05, 4.69) is 46.5 Å². The van der Waals surface area contributed by atoms with Crippen molar-refractivity contribution in [3.8, 4) is 0 Å². The minimum atomic E-state index is 0. The number of rotatable bonds is 1. The second-order valence-corrected chi connectivity index (χ2v) is 6.07. The molecule has 0 radical (unpaired) electrons. The van der Waals surface area contributed by atoms with E-state index in [4.69, 9.17) is 17.2 Å². The molecule has 0 bridgehead atoms. The van der Waals surface area contributed by atoms with E-state index in [0.29, 0.717) is 12.0 Å². The van der Waals surface area contributed by atoms with Gasteiger partial charge in [-0.1, -0.05) is 56.4 Å². The molecule has 0 fully saturated rings. The van der Waals surface area contributed by atoms with E-state index in [1.54, 1.807) is 0 Å². The van der Waals surface area contributed by atoms with Crippen LogP contribution in [-0.4, -0.2) is 19.0 Å². The fraction of sp³-hybridized carbons (Fsp3) is 0.923. The Hall–Kier alpha value is -0.770. The molecule has 0 aromatic rings. The summed E-state index contributed by atoms with van der Waals surface area (Å²) in [6.07, 6.45) is 0. The molecule has 0 atom stereocenters. The molecule has 0 aromatic heterocycles. The van der Waals surface area contributed by atoms with E-state index in [-0.39, 0.29) is 26.2 Å². The molecular weight excluding hydrogens is 212 g/mol. The lowest BCUT2D eigenvalue weighted by Gasteiger charge is -2.13. The molecule has 0 heterocycles. The second-order valence-electron chi connectivity index (χ2n) is 6.07. The Morgan fingerprint density at radius 1 is 0.882 bits per heavy atom. The van der Waals surface area contributed by atoms with Gasteiger partial charge in [-0.15, -0.1) is 0 Å². The highest BCUT2D eigenvalue weighted by Crippen LogP contribution is 2.11. The maximum absolute atomic E-state index is 5.31. The van der Waals surface area contributed by atoms with Crippen LogP contribution in [0.4, 0.5) is 0 Å². The van der Waals surface area contributed by atoms with Crippen LogP contribution in [0.15, 0.2) is 4.99 Å². The van der Waals surface area contributed by atoms with Crippen LogP contribution in [0.3, 0.4) is 0 Å². The van der Waals surface area contributed by atoms with Crippen LogP contribution in [0.1, 0.15) is 56.4 Å². The van der Waals surface area contributed by atoms with Gasteiger partial charge in [0.25, 0.3) is 0 Å². The zero-order chi connectivity index (χ0) is 12.7. The maximum Gasteiger partial charge on any atom is 0.185 e. The number of aliphatic imine (C=N–C) groups is 1. The van der Waals surface area contributed by atoms with E-state index in [9.17, 15) is 0 Å². The topological polar surface area (TPSA) is 90.4 Å². The number of hydrogen-bond donors (Lipinski definition) is 3. The predicted molar refractivity (Wildman–Crippen MR) is 82.1 cm³/mol. The molecule has 6 N–H and O–H groups in total. The van der Waals surface area contributed by atoms with Gasteiger partial charge in [0.2, 0.25) is 0 Å². The van der Waals surface area contributed by atoms with E-state index in [1.165, 1.54) is 0 Å². The van der Waals surface area contributed by atoms with E-state index in [0.717, 1.165) is 6.54 Å². The fourth-order valence-corrected chi connectivity index (χ4v) is 0.328. The molecular formula is C13H36N4. The summed E-state index contributed by atoms with van der Waals surface area (Å²) < 4.78 is 0. The Morgan fingerprint density at radius 2 is 1.18 bits per heavy atom. The van der Waals surface area contributed by atoms with Crippen molar-refractivity contribution in [3.63, 3.8) is 0 Å². The second kappa shape index (κ2) is 10.4. The van der Waals surface area contributed by atoms with Crippen molar-refractivity contribution >= 4 is 5.96 Å². The molecule has 4 heteroatoms. The van der Waals surface area contributed by atoms with Crippen molar-refractivity contribution in [1.82, 2.24) is 0 Å². The van der Waals surface area contributed by atoms with Gasteiger partial charge in [0, 0.05) is 6.54 Å². The van der Waals surface area contributed by atoms with Crippen LogP contribution in [0.25, 0.3) is 0 Å². The zero-order valence-electron chi connectivity index (χ0n) is 11.1. The summed E-state index contributed by atoms with van der Waals surface area (Å²) in [4.78, 5) is 3.87. The first-order valence-corrected chi connectivity index (χ1v) is 5.23. The number of nitrogens with zero attached hydrogens (tertiary/aromatic N) is 1. The van der Waals surface area contributed by atoms with Crippen molar-refractivity contribution in [2.75, 3.05) is 13.1 Å². The summed E-state index contributed by atoms with van der Waals surface area (Å²) in [7, 11) is 0. The Balaban J connectivity index is -0.0000000945. The number of nitrogens with two attached hydrogens (primary N) is 3. The van der Waals surface area contributed by atoms with Gasteiger partial charge >= 0.3 is 0 Å². The molecule has 0 aliphatic heterocycles. The van der Waals surface area contributed by atoms with E-state index in [1.807, 2.05) is 0 Å². The smallest absolute Gasteiger partial charge is 0.185 e. The molecule has 0 aromatic carbocycles. The third-order valence-corrected chi connectivity index (χ3v) is 1.35. The summed E-state index contributed by atoms with van der Waals surface area (Å²) in [6, 6.07) is 0. The molecule has 0 saturated carbocycles. The Morgan fingerprint density at radius 3 is 1.24 bits per heavy atom. The molecule has 17 heavy (non-hydrogen) atoms. The first-order chi connectivity index (χ1) is 6.48. The molecule has 4 nitrogen and oxygen atoms in total. The van der Waals surface area contributed by atoms with E-state index < -0.39 is 0 Å². The normalized spacial score (nSPS) is 10.1. The molecule has 0 aliphatic rings. The summed E-state index contributed by atoms with van der Waals surface area (Å²) >= 11 is 0. The average Bonchev–Trinajstić information content (AvgIpc) is 2.00. The Labute approximate surface area is 109 Å². The minimum Gasteiger partial charge on any atom is -0.370 e. The standard InChI is InChI=1S/C6H15N3.C5H13N.2CH4/c1-6(2,3)4-9-5(7)8;1-5(2,3)4-6;;/h4H2,1-3H3,(H4,7,8,9);4,6H2,1-3H3;2*1H4. The average molecular weight is 248 g/mol. The van der Waals surface area contributed by atoms with Crippen LogP contribution < -0.4 is 17.2 Å². The lowest BCUT2D eigenvalue weighted by atomic mass is 9.97. The van der Waals surface area contributed by atoms with Crippen molar-refractivity contribution in [2.24, 2.45) is 33.0 Å². The lowest BCUT2D eigenvalue weighted by molar-refractivity contribution is 0.428. The van der Waals surface area contributed by atoms with Gasteiger partial charge < -0.3 is 17.2 Å². The van der Waals surface area contributed by atoms with Crippen LogP contribution in [0.2, 0.25) is 0 Å². The summed E-state index contributed by atoms with van der Waals surface area (Å²) in [6.45, 7) is 14.1. The third kappa shape index (κ3) is 39.4. The quantitative estimate of drug-likeness (QED) is 0.492. The van der Waals surface area contributed by atoms with Gasteiger partial charge in [0.15, 0.2) is 5.96 Å². The van der Waals surface area contributed by atoms with Crippen molar-refractivity contribution < 1.29 is 0 Å². The van der Waals surface area contributed by atoms with Gasteiger partial charge in [-0.3, -0.25) is 4.99 Å². The van der Waals surface area contributed by atoms with Crippen LogP contribution in [0, 0.1) is 10.8 Å². The summed E-state index contributed by atoms with van der Waals surface area (Å²) in [5.41, 5.74) is 16.1. The summed E-state index contributed by atoms with van der Waals surface area (Å²) in [5.74, 6) is 0.171. The molecule has 108 valence electrons.